The SMILES string of the molecule is CNC(c1ccc(OC)c(Br)c1)C1(C(=O)O)CC1. The molecule has 1 atom stereocenters. The number of benzene rings is 1. The van der Waals surface area contributed by atoms with Gasteiger partial charge in [0, 0.05) is 6.04 Å². The standard InChI is InChI=1S/C13H16BrNO3/c1-15-11(13(5-6-13)12(16)17)8-3-4-10(18-2)9(14)7-8/h3-4,7,11,15H,5-6H2,1-2H3,(H,16,17). The highest BCUT2D eigenvalue weighted by Gasteiger charge is 2.56. The van der Waals surface area contributed by atoms with E-state index < -0.39 is 11.4 Å². The molecule has 98 valence electrons. The van der Waals surface area contributed by atoms with Crippen molar-refractivity contribution in [2.24, 2.45) is 5.41 Å². The second kappa shape index (κ2) is 4.90. The fraction of sp³-hybridized carbons (Fsp3) is 0.462. The Bertz CT molecular complexity index is 471. The molecule has 0 bridgehead atoms. The van der Waals surface area contributed by atoms with Crippen molar-refractivity contribution in [2.45, 2.75) is 18.9 Å². The summed E-state index contributed by atoms with van der Waals surface area (Å²) in [5, 5.41) is 12.5. The number of carbonyl (C=O) groups is 1. The second-order valence-corrected chi connectivity index (χ2v) is 5.43. The molecule has 1 saturated carbocycles. The van der Waals surface area contributed by atoms with E-state index in [1.807, 2.05) is 18.2 Å². The van der Waals surface area contributed by atoms with Gasteiger partial charge in [-0.1, -0.05) is 6.07 Å². The van der Waals surface area contributed by atoms with E-state index in [0.717, 1.165) is 28.6 Å². The summed E-state index contributed by atoms with van der Waals surface area (Å²) < 4.78 is 6.02. The highest BCUT2D eigenvalue weighted by molar-refractivity contribution is 9.10. The van der Waals surface area contributed by atoms with E-state index in [0.29, 0.717) is 0 Å². The molecule has 1 fully saturated rings. The Morgan fingerprint density at radius 1 is 1.56 bits per heavy atom. The van der Waals surface area contributed by atoms with Crippen LogP contribution in [0.4, 0.5) is 0 Å². The summed E-state index contributed by atoms with van der Waals surface area (Å²) in [6.45, 7) is 0. The summed E-state index contributed by atoms with van der Waals surface area (Å²) in [7, 11) is 3.40. The van der Waals surface area contributed by atoms with Gasteiger partial charge in [0.15, 0.2) is 0 Å². The highest BCUT2D eigenvalue weighted by Crippen LogP contribution is 2.55. The molecule has 0 amide bonds. The molecule has 0 radical (unpaired) electrons. The monoisotopic (exact) mass is 313 g/mol. The second-order valence-electron chi connectivity index (χ2n) is 4.58. The van der Waals surface area contributed by atoms with Crippen LogP contribution < -0.4 is 10.1 Å². The molecule has 1 aromatic carbocycles. The van der Waals surface area contributed by atoms with E-state index in [-0.39, 0.29) is 6.04 Å². The zero-order valence-electron chi connectivity index (χ0n) is 10.4. The van der Waals surface area contributed by atoms with Crippen LogP contribution in [0.2, 0.25) is 0 Å². The molecule has 0 heterocycles. The molecule has 0 aromatic heterocycles. The summed E-state index contributed by atoms with van der Waals surface area (Å²) in [5.74, 6) is 0.0163. The molecular formula is C13H16BrNO3. The Balaban J connectivity index is 2.34. The maximum Gasteiger partial charge on any atom is 0.311 e. The Labute approximate surface area is 114 Å². The molecule has 1 aliphatic rings. The number of hydrogen-bond acceptors (Lipinski definition) is 3. The van der Waals surface area contributed by atoms with Crippen LogP contribution in [0.1, 0.15) is 24.4 Å². The first-order valence-corrected chi connectivity index (χ1v) is 6.58. The van der Waals surface area contributed by atoms with Crippen molar-refractivity contribution < 1.29 is 14.6 Å². The lowest BCUT2D eigenvalue weighted by atomic mass is 9.90. The third-order valence-electron chi connectivity index (χ3n) is 3.57. The van der Waals surface area contributed by atoms with Crippen LogP contribution in [-0.2, 0) is 4.79 Å². The maximum absolute atomic E-state index is 11.4. The first-order valence-electron chi connectivity index (χ1n) is 5.79. The molecule has 18 heavy (non-hydrogen) atoms. The van der Waals surface area contributed by atoms with Gasteiger partial charge < -0.3 is 15.2 Å². The number of aliphatic carboxylic acids is 1. The largest absolute Gasteiger partial charge is 0.496 e. The molecule has 2 N–H and O–H groups in total. The zero-order valence-corrected chi connectivity index (χ0v) is 12.0. The van der Waals surface area contributed by atoms with Gasteiger partial charge in [-0.3, -0.25) is 4.79 Å². The predicted octanol–water partition coefficient (Wildman–Crippen LogP) is 2.58. The Hall–Kier alpha value is -1.07. The first-order chi connectivity index (χ1) is 8.55. The minimum Gasteiger partial charge on any atom is -0.496 e. The highest BCUT2D eigenvalue weighted by atomic mass is 79.9. The van der Waals surface area contributed by atoms with Gasteiger partial charge in [-0.05, 0) is 53.5 Å². The number of hydrogen-bond donors (Lipinski definition) is 2. The first kappa shape index (κ1) is 13.4. The van der Waals surface area contributed by atoms with Gasteiger partial charge >= 0.3 is 5.97 Å². The minimum absolute atomic E-state index is 0.169. The fourth-order valence-electron chi connectivity index (χ4n) is 2.38. The zero-order chi connectivity index (χ0) is 13.3. The molecule has 1 unspecified atom stereocenters. The van der Waals surface area contributed by atoms with Crippen LogP contribution in [0.3, 0.4) is 0 Å². The van der Waals surface area contributed by atoms with E-state index in [2.05, 4.69) is 21.2 Å². The summed E-state index contributed by atoms with van der Waals surface area (Å²) in [5.41, 5.74) is 0.313. The van der Waals surface area contributed by atoms with Gasteiger partial charge in [0.05, 0.1) is 17.0 Å². The molecule has 1 aliphatic carbocycles. The minimum atomic E-state index is -0.728. The molecule has 0 spiro atoms. The molecule has 4 nitrogen and oxygen atoms in total. The average molecular weight is 314 g/mol. The lowest BCUT2D eigenvalue weighted by Gasteiger charge is -2.24. The number of halogens is 1. The van der Waals surface area contributed by atoms with Crippen molar-refractivity contribution in [3.05, 3.63) is 28.2 Å². The number of carboxylic acid groups (broad SMARTS) is 1. The van der Waals surface area contributed by atoms with Gasteiger partial charge in [0.1, 0.15) is 5.75 Å². The molecular weight excluding hydrogens is 298 g/mol. The van der Waals surface area contributed by atoms with Crippen LogP contribution >= 0.6 is 15.9 Å². The fourth-order valence-corrected chi connectivity index (χ4v) is 2.94. The van der Waals surface area contributed by atoms with Crippen molar-refractivity contribution in [2.75, 3.05) is 14.2 Å². The summed E-state index contributed by atoms with van der Waals surface area (Å²) in [4.78, 5) is 11.4. The number of methoxy groups -OCH3 is 1. The van der Waals surface area contributed by atoms with Crippen molar-refractivity contribution in [3.63, 3.8) is 0 Å². The maximum atomic E-state index is 11.4. The van der Waals surface area contributed by atoms with Gasteiger partial charge in [0.2, 0.25) is 0 Å². The van der Waals surface area contributed by atoms with E-state index in [1.165, 1.54) is 0 Å². The van der Waals surface area contributed by atoms with Crippen LogP contribution in [0.5, 0.6) is 5.75 Å². The quantitative estimate of drug-likeness (QED) is 0.877. The molecule has 0 aliphatic heterocycles. The Morgan fingerprint density at radius 3 is 2.61 bits per heavy atom. The number of ether oxygens (including phenoxy) is 1. The smallest absolute Gasteiger partial charge is 0.311 e. The van der Waals surface area contributed by atoms with Gasteiger partial charge in [-0.15, -0.1) is 0 Å². The molecule has 1 aromatic rings. The predicted molar refractivity (Wildman–Crippen MR) is 71.8 cm³/mol. The summed E-state index contributed by atoms with van der Waals surface area (Å²) in [6.07, 6.45) is 1.44. The van der Waals surface area contributed by atoms with Gasteiger partial charge in [-0.2, -0.15) is 0 Å². The molecule has 0 saturated heterocycles. The summed E-state index contributed by atoms with van der Waals surface area (Å²) in [6, 6.07) is 5.51. The Morgan fingerprint density at radius 2 is 2.22 bits per heavy atom. The molecule has 5 heteroatoms. The van der Waals surface area contributed by atoms with E-state index in [4.69, 9.17) is 4.74 Å². The molecule has 2 rings (SSSR count). The van der Waals surface area contributed by atoms with Crippen LogP contribution in [-0.4, -0.2) is 25.2 Å². The van der Waals surface area contributed by atoms with Crippen molar-refractivity contribution in [3.8, 4) is 5.75 Å². The lowest BCUT2D eigenvalue weighted by Crippen LogP contribution is -2.32. The normalized spacial score (nSPS) is 18.2. The average Bonchev–Trinajstić information content (AvgIpc) is 3.12. The number of carboxylic acids is 1. The van der Waals surface area contributed by atoms with Gasteiger partial charge in [-0.25, -0.2) is 0 Å². The van der Waals surface area contributed by atoms with Crippen LogP contribution in [0, 0.1) is 5.41 Å². The van der Waals surface area contributed by atoms with E-state index in [1.54, 1.807) is 14.2 Å². The van der Waals surface area contributed by atoms with Crippen molar-refractivity contribution in [1.29, 1.82) is 0 Å². The van der Waals surface area contributed by atoms with E-state index in [9.17, 15) is 9.90 Å². The van der Waals surface area contributed by atoms with Crippen molar-refractivity contribution >= 4 is 21.9 Å². The topological polar surface area (TPSA) is 58.6 Å². The lowest BCUT2D eigenvalue weighted by molar-refractivity contribution is -0.144. The van der Waals surface area contributed by atoms with Crippen LogP contribution in [0.15, 0.2) is 22.7 Å². The van der Waals surface area contributed by atoms with Gasteiger partial charge in [0.25, 0.3) is 0 Å². The number of nitrogens with one attached hydrogen (secondary N) is 1. The number of rotatable bonds is 5. The third kappa shape index (κ3) is 2.12. The summed E-state index contributed by atoms with van der Waals surface area (Å²) >= 11 is 3.43. The Kier molecular flexibility index (Phi) is 3.64. The van der Waals surface area contributed by atoms with Crippen molar-refractivity contribution in [1.82, 2.24) is 5.32 Å². The van der Waals surface area contributed by atoms with E-state index >= 15 is 0 Å². The third-order valence-corrected chi connectivity index (χ3v) is 4.18. The van der Waals surface area contributed by atoms with Crippen LogP contribution in [0.25, 0.3) is 0 Å².